The van der Waals surface area contributed by atoms with Gasteiger partial charge in [-0.3, -0.25) is 10.3 Å². The fourth-order valence-corrected chi connectivity index (χ4v) is 2.65. The molecule has 1 rings (SSSR count). The maximum atomic E-state index is 2.92. The minimum Gasteiger partial charge on any atom is -0.351 e. The maximum absolute atomic E-state index is 2.92. The highest BCUT2D eigenvalue weighted by molar-refractivity contribution is 7.96. The summed E-state index contributed by atoms with van der Waals surface area (Å²) in [7, 11) is 12.4. The predicted molar refractivity (Wildman–Crippen MR) is 152 cm³/mol. The average Bonchev–Trinajstić information content (AvgIpc) is 3.04. The SMILES string of the molecule is C.C.C.C.C/C=[N+](\C)NC.CC(C)(C)C.CNC(C)=[NH+]C.C[NH2+]C.C[S+]1CCCC1. The molecule has 30 heavy (non-hydrogen) atoms. The Bertz CT molecular complexity index is 294. The van der Waals surface area contributed by atoms with Crippen LogP contribution in [0.5, 0.6) is 0 Å². The molecule has 0 aromatic heterocycles. The highest BCUT2D eigenvalue weighted by atomic mass is 32.2. The van der Waals surface area contributed by atoms with Gasteiger partial charge in [0.05, 0.1) is 41.5 Å². The van der Waals surface area contributed by atoms with Crippen LogP contribution in [-0.4, -0.2) is 76.8 Å². The van der Waals surface area contributed by atoms with Gasteiger partial charge in [0.25, 0.3) is 0 Å². The fraction of sp³-hybridized carbons (Fsp3) is 0.917. The zero-order valence-corrected chi connectivity index (χ0v) is 21.2. The molecular weight excluding hydrogens is 390 g/mol. The van der Waals surface area contributed by atoms with Crippen LogP contribution in [0.2, 0.25) is 0 Å². The van der Waals surface area contributed by atoms with Gasteiger partial charge in [-0.1, -0.05) is 57.4 Å². The first-order valence-corrected chi connectivity index (χ1v) is 11.6. The Morgan fingerprint density at radius 2 is 1.30 bits per heavy atom. The smallest absolute Gasteiger partial charge is 0.238 e. The van der Waals surface area contributed by atoms with Crippen molar-refractivity contribution in [2.45, 2.75) is 84.1 Å². The van der Waals surface area contributed by atoms with Crippen molar-refractivity contribution < 1.29 is 15.0 Å². The lowest BCUT2D eigenvalue weighted by molar-refractivity contribution is -0.597. The van der Waals surface area contributed by atoms with Crippen LogP contribution in [0.1, 0.15) is 84.1 Å². The highest BCUT2D eigenvalue weighted by Gasteiger charge is 2.16. The van der Waals surface area contributed by atoms with E-state index in [1.807, 2.05) is 72.3 Å². The summed E-state index contributed by atoms with van der Waals surface area (Å²) < 4.78 is 1.88. The molecule has 0 aromatic carbocycles. The Morgan fingerprint density at radius 3 is 1.33 bits per heavy atom. The van der Waals surface area contributed by atoms with Gasteiger partial charge in [-0.15, -0.1) is 4.68 Å². The number of nitrogens with two attached hydrogens (primary N) is 1. The summed E-state index contributed by atoms with van der Waals surface area (Å²) in [6.45, 7) is 12.7. The molecule has 1 aliphatic rings. The van der Waals surface area contributed by atoms with E-state index in [-0.39, 0.29) is 29.7 Å². The Hall–Kier alpha value is -0.750. The molecule has 0 aromatic rings. The molecule has 0 atom stereocenters. The van der Waals surface area contributed by atoms with Crippen LogP contribution in [0.15, 0.2) is 0 Å². The van der Waals surface area contributed by atoms with Gasteiger partial charge in [0, 0.05) is 13.8 Å². The molecule has 0 aliphatic carbocycles. The third kappa shape index (κ3) is 92.5. The molecule has 1 fully saturated rings. The van der Waals surface area contributed by atoms with Crippen molar-refractivity contribution in [3.63, 3.8) is 0 Å². The number of amidine groups is 1. The highest BCUT2D eigenvalue weighted by Crippen LogP contribution is 2.09. The molecular formula is C24H69N5S+4. The Labute approximate surface area is 198 Å². The lowest BCUT2D eigenvalue weighted by atomic mass is 10.0. The molecule has 192 valence electrons. The third-order valence-electron chi connectivity index (χ3n) is 2.73. The molecule has 1 saturated heterocycles. The van der Waals surface area contributed by atoms with E-state index < -0.39 is 0 Å². The summed E-state index contributed by atoms with van der Waals surface area (Å²) in [6, 6.07) is 0. The van der Waals surface area contributed by atoms with Crippen LogP contribution in [0, 0.1) is 5.41 Å². The van der Waals surface area contributed by atoms with Gasteiger partial charge in [-0.25, -0.2) is 5.43 Å². The molecule has 0 saturated carbocycles. The molecule has 0 spiro atoms. The second-order valence-electron chi connectivity index (χ2n) is 7.69. The molecule has 6 heteroatoms. The van der Waals surface area contributed by atoms with Gasteiger partial charge in [0.2, 0.25) is 5.84 Å². The monoisotopic (exact) mass is 460 g/mol. The summed E-state index contributed by atoms with van der Waals surface area (Å²) in [4.78, 5) is 2.92. The number of nitrogens with one attached hydrogen (secondary N) is 3. The van der Waals surface area contributed by atoms with Crippen molar-refractivity contribution >= 4 is 22.9 Å². The fourth-order valence-electron chi connectivity index (χ4n) is 1.05. The first-order valence-electron chi connectivity index (χ1n) is 9.65. The number of rotatable bonds is 1. The molecule has 5 nitrogen and oxygen atoms in total. The summed E-state index contributed by atoms with van der Waals surface area (Å²) >= 11 is 0. The van der Waals surface area contributed by atoms with Crippen molar-refractivity contribution in [1.82, 2.24) is 10.7 Å². The summed E-state index contributed by atoms with van der Waals surface area (Å²) in [5, 5.41) is 4.92. The van der Waals surface area contributed by atoms with Crippen LogP contribution >= 0.6 is 0 Å². The molecule has 5 N–H and O–H groups in total. The van der Waals surface area contributed by atoms with Gasteiger partial charge in [-0.2, -0.15) is 0 Å². The van der Waals surface area contributed by atoms with E-state index >= 15 is 0 Å². The second-order valence-corrected chi connectivity index (χ2v) is 10.1. The maximum Gasteiger partial charge on any atom is 0.238 e. The zero-order chi connectivity index (χ0) is 21.6. The van der Waals surface area contributed by atoms with Crippen LogP contribution in [-0.2, 0) is 10.9 Å². The normalized spacial score (nSPS) is 12.3. The molecule has 1 aliphatic heterocycles. The number of nitrogens with zero attached hydrogens (tertiary/aromatic N) is 1. The molecule has 0 radical (unpaired) electrons. The van der Waals surface area contributed by atoms with E-state index in [0.29, 0.717) is 5.41 Å². The standard InChI is InChI=1S/C5H11S.C5H12.C4H11N2.C4H10N2.C2H7N.4CH4/c1-6-4-2-3-5-6;1-5(2,3)4;1-4-6(3)5-2;1-4(5-2)6-3;1-3-2;;;;/h2-5H2,1H3;1-4H3;4-5H,1-3H3;1-3H3,(H,5,6);3H,1-2H3;4*1H4/q+1;;+1;;;;;;/p+2/b;;6-4+;;;;;;. The van der Waals surface area contributed by atoms with E-state index in [0.717, 1.165) is 16.7 Å². The van der Waals surface area contributed by atoms with E-state index in [1.54, 1.807) is 0 Å². The van der Waals surface area contributed by atoms with Crippen molar-refractivity contribution in [3.05, 3.63) is 0 Å². The van der Waals surface area contributed by atoms with E-state index in [4.69, 9.17) is 0 Å². The van der Waals surface area contributed by atoms with Crippen LogP contribution in [0.3, 0.4) is 0 Å². The van der Waals surface area contributed by atoms with Crippen LogP contribution < -0.4 is 21.1 Å². The Balaban J connectivity index is -0.0000000330. The quantitative estimate of drug-likeness (QED) is 0.160. The first kappa shape index (κ1) is 51.7. The number of hydrazone groups is 1. The molecule has 0 bridgehead atoms. The summed E-state index contributed by atoms with van der Waals surface area (Å²) in [5.41, 5.74) is 3.39. The second kappa shape index (κ2) is 38.8. The van der Waals surface area contributed by atoms with Crippen LogP contribution in [0.25, 0.3) is 0 Å². The molecule has 1 heterocycles. The van der Waals surface area contributed by atoms with E-state index in [1.165, 1.54) is 24.3 Å². The number of quaternary nitrogens is 1. The van der Waals surface area contributed by atoms with E-state index in [2.05, 4.69) is 49.7 Å². The Kier molecular flexibility index (Phi) is 66.9. The van der Waals surface area contributed by atoms with Crippen molar-refractivity contribution in [3.8, 4) is 0 Å². The van der Waals surface area contributed by atoms with Gasteiger partial charge in [0.15, 0.2) is 13.3 Å². The largest absolute Gasteiger partial charge is 0.351 e. The molecule has 0 unspecified atom stereocenters. The van der Waals surface area contributed by atoms with E-state index in [9.17, 15) is 0 Å². The predicted octanol–water partition coefficient (Wildman–Crippen LogP) is 2.62. The number of hydrogen-bond acceptors (Lipinski definition) is 1. The van der Waals surface area contributed by atoms with Crippen molar-refractivity contribution in [1.29, 1.82) is 0 Å². The van der Waals surface area contributed by atoms with Gasteiger partial charge in [-0.05, 0) is 29.2 Å². The van der Waals surface area contributed by atoms with Crippen LogP contribution in [0.4, 0.5) is 0 Å². The minimum absolute atomic E-state index is 0. The number of hydrogen-bond donors (Lipinski definition) is 4. The topological polar surface area (TPSA) is 57.6 Å². The average molecular weight is 460 g/mol. The summed E-state index contributed by atoms with van der Waals surface area (Å²) in [6.07, 6.45) is 7.31. The van der Waals surface area contributed by atoms with Gasteiger partial charge in [0.1, 0.15) is 11.5 Å². The Morgan fingerprint density at radius 1 is 1.00 bits per heavy atom. The minimum atomic E-state index is 0. The van der Waals surface area contributed by atoms with Crippen molar-refractivity contribution in [2.24, 2.45) is 5.41 Å². The van der Waals surface area contributed by atoms with Gasteiger partial charge < -0.3 is 5.32 Å². The molecule has 0 amide bonds. The van der Waals surface area contributed by atoms with Gasteiger partial charge >= 0.3 is 0 Å². The first-order chi connectivity index (χ1) is 11.9. The lowest BCUT2D eigenvalue weighted by Gasteiger charge is -2.05. The summed E-state index contributed by atoms with van der Waals surface area (Å²) in [5.74, 6) is 4.12. The zero-order valence-electron chi connectivity index (χ0n) is 20.3. The van der Waals surface area contributed by atoms with Crippen molar-refractivity contribution in [2.75, 3.05) is 60.0 Å². The third-order valence-corrected chi connectivity index (χ3v) is 4.70. The lowest BCUT2D eigenvalue weighted by Crippen LogP contribution is -2.74. The number of hydrazine groups is 1.